The SMILES string of the molecule is CCCCCCCCCCCCCCOC(=O)N(CCCCCCCCCCCC)[C@@H]1O[C@H](CO)[C@@H](O)[C@H](O)[C@H]1NC(=O)CNC(=O)OCc1ccccc1. The molecule has 1 saturated heterocycles. The Hall–Kier alpha value is -2.93. The molecular formula is C43H75N3O9. The van der Waals surface area contributed by atoms with Crippen LogP contribution in [0.3, 0.4) is 0 Å². The highest BCUT2D eigenvalue weighted by Gasteiger charge is 2.48. The normalized spacial score (nSPS) is 19.5. The molecule has 5 atom stereocenters. The summed E-state index contributed by atoms with van der Waals surface area (Å²) in [5.41, 5.74) is 0.785. The monoisotopic (exact) mass is 778 g/mol. The number of ether oxygens (including phenoxy) is 3. The van der Waals surface area contributed by atoms with E-state index < -0.39 is 61.8 Å². The van der Waals surface area contributed by atoms with Gasteiger partial charge in [0.2, 0.25) is 5.91 Å². The minimum atomic E-state index is -1.58. The van der Waals surface area contributed by atoms with Gasteiger partial charge in [0.05, 0.1) is 13.2 Å². The molecule has 5 N–H and O–H groups in total. The molecule has 3 amide bonds. The van der Waals surface area contributed by atoms with Gasteiger partial charge >= 0.3 is 12.2 Å². The quantitative estimate of drug-likeness (QED) is 0.0471. The molecule has 0 bridgehead atoms. The fourth-order valence-electron chi connectivity index (χ4n) is 6.96. The minimum Gasteiger partial charge on any atom is -0.449 e. The lowest BCUT2D eigenvalue weighted by Gasteiger charge is -2.46. The zero-order chi connectivity index (χ0) is 39.9. The van der Waals surface area contributed by atoms with Gasteiger partial charge in [0, 0.05) is 6.54 Å². The molecule has 1 aromatic carbocycles. The number of hydrogen-bond acceptors (Lipinski definition) is 9. The summed E-state index contributed by atoms with van der Waals surface area (Å²) >= 11 is 0. The summed E-state index contributed by atoms with van der Waals surface area (Å²) in [7, 11) is 0. The topological polar surface area (TPSA) is 167 Å². The van der Waals surface area contributed by atoms with Crippen LogP contribution in [0.2, 0.25) is 0 Å². The van der Waals surface area contributed by atoms with Crippen molar-refractivity contribution < 1.29 is 43.9 Å². The number of unbranched alkanes of at least 4 members (excludes halogenated alkanes) is 20. The number of benzene rings is 1. The van der Waals surface area contributed by atoms with E-state index in [1.54, 1.807) is 12.1 Å². The zero-order valence-electron chi connectivity index (χ0n) is 34.1. The highest BCUT2D eigenvalue weighted by molar-refractivity contribution is 5.82. The molecule has 12 heteroatoms. The van der Waals surface area contributed by atoms with Gasteiger partial charge in [0.25, 0.3) is 0 Å². The van der Waals surface area contributed by atoms with Crippen molar-refractivity contribution in [1.82, 2.24) is 15.5 Å². The summed E-state index contributed by atoms with van der Waals surface area (Å²) in [6, 6.07) is 7.84. The van der Waals surface area contributed by atoms with E-state index in [-0.39, 0.29) is 19.8 Å². The number of carbonyl (C=O) groups is 3. The van der Waals surface area contributed by atoms with Crippen LogP contribution < -0.4 is 10.6 Å². The average Bonchev–Trinajstić information content (AvgIpc) is 3.19. The van der Waals surface area contributed by atoms with E-state index in [0.29, 0.717) is 12.8 Å². The summed E-state index contributed by atoms with van der Waals surface area (Å²) in [6.07, 6.45) is 18.3. The van der Waals surface area contributed by atoms with Crippen LogP contribution in [0.4, 0.5) is 9.59 Å². The molecule has 12 nitrogen and oxygen atoms in total. The van der Waals surface area contributed by atoms with Crippen molar-refractivity contribution in [3.8, 4) is 0 Å². The molecule has 2 rings (SSSR count). The van der Waals surface area contributed by atoms with Crippen LogP contribution in [0.1, 0.15) is 161 Å². The Morgan fingerprint density at radius 2 is 1.20 bits per heavy atom. The van der Waals surface area contributed by atoms with Crippen molar-refractivity contribution in [2.45, 2.75) is 192 Å². The Morgan fingerprint density at radius 1 is 0.691 bits per heavy atom. The van der Waals surface area contributed by atoms with Crippen LogP contribution in [-0.2, 0) is 25.6 Å². The summed E-state index contributed by atoms with van der Waals surface area (Å²) in [4.78, 5) is 40.4. The van der Waals surface area contributed by atoms with E-state index in [4.69, 9.17) is 14.2 Å². The van der Waals surface area contributed by atoms with E-state index in [9.17, 15) is 29.7 Å². The van der Waals surface area contributed by atoms with Crippen molar-refractivity contribution in [3.05, 3.63) is 35.9 Å². The van der Waals surface area contributed by atoms with Crippen LogP contribution in [0.5, 0.6) is 0 Å². The van der Waals surface area contributed by atoms with Crippen molar-refractivity contribution in [2.75, 3.05) is 26.3 Å². The van der Waals surface area contributed by atoms with Crippen LogP contribution in [-0.4, -0.2) is 95.2 Å². The maximum Gasteiger partial charge on any atom is 0.411 e. The Kier molecular flexibility index (Phi) is 27.3. The second kappa shape index (κ2) is 31.2. The first-order valence-electron chi connectivity index (χ1n) is 21.6. The van der Waals surface area contributed by atoms with E-state index in [0.717, 1.165) is 44.1 Å². The molecule has 1 aliphatic heterocycles. The third kappa shape index (κ3) is 21.3. The van der Waals surface area contributed by atoms with Crippen molar-refractivity contribution in [2.24, 2.45) is 0 Å². The molecule has 0 saturated carbocycles. The maximum atomic E-state index is 13.7. The summed E-state index contributed by atoms with van der Waals surface area (Å²) in [5, 5.41) is 36.9. The van der Waals surface area contributed by atoms with Gasteiger partial charge in [0.15, 0.2) is 6.23 Å². The van der Waals surface area contributed by atoms with Crippen molar-refractivity contribution >= 4 is 18.1 Å². The second-order valence-corrected chi connectivity index (χ2v) is 15.1. The molecule has 1 fully saturated rings. The predicted octanol–water partition coefficient (Wildman–Crippen LogP) is 7.90. The Labute approximate surface area is 331 Å². The standard InChI is InChI=1S/C43H75N3O9/c1-3-5-7-9-11-13-15-16-18-20-22-27-31-53-43(52)46(30-26-21-19-17-14-12-10-8-6-4-2)41-38(40(50)39(49)36(33-47)55-41)45-37(48)32-44-42(51)54-34-35-28-24-23-25-29-35/h23-25,28-29,36,38-41,47,49-50H,3-22,26-27,30-34H2,1-2H3,(H,44,51)(H,45,48)/t36-,38-,39-,40-,41-/m1/s1. The van der Waals surface area contributed by atoms with Gasteiger partial charge in [-0.05, 0) is 18.4 Å². The van der Waals surface area contributed by atoms with Gasteiger partial charge in [-0.15, -0.1) is 0 Å². The van der Waals surface area contributed by atoms with Crippen LogP contribution in [0.25, 0.3) is 0 Å². The van der Waals surface area contributed by atoms with E-state index in [1.807, 2.05) is 18.2 Å². The second-order valence-electron chi connectivity index (χ2n) is 15.1. The van der Waals surface area contributed by atoms with Crippen molar-refractivity contribution in [1.29, 1.82) is 0 Å². The Balaban J connectivity index is 1.96. The van der Waals surface area contributed by atoms with E-state index in [1.165, 1.54) is 94.8 Å². The lowest BCUT2D eigenvalue weighted by atomic mass is 9.95. The molecule has 55 heavy (non-hydrogen) atoms. The van der Waals surface area contributed by atoms with Crippen LogP contribution in [0, 0.1) is 0 Å². The van der Waals surface area contributed by atoms with Gasteiger partial charge in [-0.25, -0.2) is 9.59 Å². The highest BCUT2D eigenvalue weighted by Crippen LogP contribution is 2.25. The fourth-order valence-corrected chi connectivity index (χ4v) is 6.96. The molecule has 1 aliphatic rings. The largest absolute Gasteiger partial charge is 0.449 e. The van der Waals surface area contributed by atoms with Crippen LogP contribution >= 0.6 is 0 Å². The molecule has 316 valence electrons. The molecule has 0 radical (unpaired) electrons. The molecule has 0 unspecified atom stereocenters. The lowest BCUT2D eigenvalue weighted by Crippen LogP contribution is -2.69. The number of carbonyl (C=O) groups excluding carboxylic acids is 3. The van der Waals surface area contributed by atoms with Crippen molar-refractivity contribution in [3.63, 3.8) is 0 Å². The number of rotatable bonds is 31. The molecular weight excluding hydrogens is 702 g/mol. The molecule has 0 aromatic heterocycles. The first-order chi connectivity index (χ1) is 26.8. The number of amides is 3. The summed E-state index contributed by atoms with van der Waals surface area (Å²) in [6.45, 7) is 3.84. The summed E-state index contributed by atoms with van der Waals surface area (Å²) in [5.74, 6) is -0.687. The molecule has 1 aromatic rings. The molecule has 0 aliphatic carbocycles. The van der Waals surface area contributed by atoms with Gasteiger partial charge in [-0.2, -0.15) is 0 Å². The number of hydrogen-bond donors (Lipinski definition) is 5. The van der Waals surface area contributed by atoms with Gasteiger partial charge in [-0.3, -0.25) is 9.69 Å². The minimum absolute atomic E-state index is 0.0234. The Morgan fingerprint density at radius 3 is 1.73 bits per heavy atom. The van der Waals surface area contributed by atoms with E-state index in [2.05, 4.69) is 24.5 Å². The smallest absolute Gasteiger partial charge is 0.411 e. The Bertz CT molecular complexity index is 1130. The van der Waals surface area contributed by atoms with Crippen LogP contribution in [0.15, 0.2) is 30.3 Å². The lowest BCUT2D eigenvalue weighted by molar-refractivity contribution is -0.226. The maximum absolute atomic E-state index is 13.7. The third-order valence-electron chi connectivity index (χ3n) is 10.4. The highest BCUT2D eigenvalue weighted by atomic mass is 16.6. The molecule has 0 spiro atoms. The summed E-state index contributed by atoms with van der Waals surface area (Å²) < 4.78 is 16.9. The predicted molar refractivity (Wildman–Crippen MR) is 215 cm³/mol. The first-order valence-corrected chi connectivity index (χ1v) is 21.6. The van der Waals surface area contributed by atoms with Gasteiger partial charge in [0.1, 0.15) is 37.5 Å². The number of aliphatic hydroxyl groups is 3. The fraction of sp³-hybridized carbons (Fsp3) is 0.791. The number of nitrogens with zero attached hydrogens (tertiary/aromatic N) is 1. The zero-order valence-corrected chi connectivity index (χ0v) is 34.1. The third-order valence-corrected chi connectivity index (χ3v) is 10.4. The van der Waals surface area contributed by atoms with E-state index >= 15 is 0 Å². The molecule has 1 heterocycles. The average molecular weight is 778 g/mol. The number of aliphatic hydroxyl groups excluding tert-OH is 3. The van der Waals surface area contributed by atoms with Gasteiger partial charge in [-0.1, -0.05) is 173 Å². The van der Waals surface area contributed by atoms with Gasteiger partial charge < -0.3 is 40.2 Å². The number of alkyl carbamates (subject to hydrolysis) is 1. The number of nitrogens with one attached hydrogen (secondary N) is 2. The first kappa shape index (κ1) is 48.2.